The van der Waals surface area contributed by atoms with Crippen molar-refractivity contribution in [1.29, 1.82) is 0 Å². The predicted molar refractivity (Wildman–Crippen MR) is 104 cm³/mol. The summed E-state index contributed by atoms with van der Waals surface area (Å²) in [6, 6.07) is 13.2. The van der Waals surface area contributed by atoms with Crippen molar-refractivity contribution in [2.45, 2.75) is 47.1 Å². The van der Waals surface area contributed by atoms with Gasteiger partial charge in [0.25, 0.3) is 0 Å². The van der Waals surface area contributed by atoms with Crippen LogP contribution in [0.5, 0.6) is 0 Å². The first-order valence-electron chi connectivity index (χ1n) is 8.12. The van der Waals surface area contributed by atoms with Gasteiger partial charge in [-0.05, 0) is 74.7 Å². The summed E-state index contributed by atoms with van der Waals surface area (Å²) in [5.41, 5.74) is 7.39. The van der Waals surface area contributed by atoms with Crippen molar-refractivity contribution in [2.24, 2.45) is 0 Å². The smallest absolute Gasteiger partial charge is 0.171 e. The Morgan fingerprint density at radius 2 is 1.61 bits per heavy atom. The molecule has 0 saturated heterocycles. The standard InChI is InChI=1S/C20H26N2S/c1-6-18(17-10-8-13(2)11-16(17)5)21-20(23)22-19-12-14(3)7-9-15(19)4/h7-12,18H,6H2,1-5H3,(H2,21,22,23)/t18-/m0/s1. The summed E-state index contributed by atoms with van der Waals surface area (Å²) in [6.07, 6.45) is 0.985. The van der Waals surface area contributed by atoms with E-state index in [1.54, 1.807) is 0 Å². The first-order chi connectivity index (χ1) is 10.9. The molecule has 0 amide bonds. The van der Waals surface area contributed by atoms with Crippen molar-refractivity contribution in [1.82, 2.24) is 5.32 Å². The Labute approximate surface area is 145 Å². The van der Waals surface area contributed by atoms with Crippen molar-refractivity contribution < 1.29 is 0 Å². The highest BCUT2D eigenvalue weighted by Gasteiger charge is 2.13. The van der Waals surface area contributed by atoms with Crippen LogP contribution in [-0.2, 0) is 0 Å². The summed E-state index contributed by atoms with van der Waals surface area (Å²) >= 11 is 5.53. The Morgan fingerprint density at radius 1 is 0.957 bits per heavy atom. The number of anilines is 1. The van der Waals surface area contributed by atoms with E-state index in [1.165, 1.54) is 27.8 Å². The van der Waals surface area contributed by atoms with E-state index in [9.17, 15) is 0 Å². The van der Waals surface area contributed by atoms with E-state index in [4.69, 9.17) is 12.2 Å². The molecule has 0 bridgehead atoms. The molecule has 3 heteroatoms. The molecule has 1 atom stereocenters. The van der Waals surface area contributed by atoms with Gasteiger partial charge in [0.2, 0.25) is 0 Å². The molecule has 0 aromatic heterocycles. The van der Waals surface area contributed by atoms with Gasteiger partial charge in [-0.25, -0.2) is 0 Å². The van der Waals surface area contributed by atoms with Gasteiger partial charge in [-0.1, -0.05) is 42.8 Å². The number of aryl methyl sites for hydroxylation is 4. The Kier molecular flexibility index (Phi) is 5.78. The molecule has 0 aliphatic rings. The lowest BCUT2D eigenvalue weighted by Crippen LogP contribution is -2.32. The Hall–Kier alpha value is -1.87. The second kappa shape index (κ2) is 7.60. The molecule has 2 rings (SSSR count). The zero-order valence-corrected chi connectivity index (χ0v) is 15.5. The van der Waals surface area contributed by atoms with Gasteiger partial charge < -0.3 is 10.6 Å². The number of nitrogens with one attached hydrogen (secondary N) is 2. The molecule has 2 N–H and O–H groups in total. The second-order valence-corrected chi connectivity index (χ2v) is 6.65. The topological polar surface area (TPSA) is 24.1 Å². The van der Waals surface area contributed by atoms with Crippen LogP contribution in [0, 0.1) is 27.7 Å². The van der Waals surface area contributed by atoms with Crippen LogP contribution in [0.2, 0.25) is 0 Å². The molecule has 122 valence electrons. The summed E-state index contributed by atoms with van der Waals surface area (Å²) in [5, 5.41) is 7.47. The maximum absolute atomic E-state index is 5.53. The Bertz CT molecular complexity index is 707. The van der Waals surface area contributed by atoms with Crippen molar-refractivity contribution >= 4 is 23.0 Å². The van der Waals surface area contributed by atoms with E-state index in [2.05, 4.69) is 81.7 Å². The minimum atomic E-state index is 0.223. The van der Waals surface area contributed by atoms with E-state index in [1.807, 2.05) is 0 Å². The lowest BCUT2D eigenvalue weighted by molar-refractivity contribution is 0.625. The van der Waals surface area contributed by atoms with Crippen LogP contribution in [0.1, 0.15) is 47.2 Å². The van der Waals surface area contributed by atoms with Crippen LogP contribution in [-0.4, -0.2) is 5.11 Å². The lowest BCUT2D eigenvalue weighted by Gasteiger charge is -2.22. The summed E-state index contributed by atoms with van der Waals surface area (Å²) in [5.74, 6) is 0. The third-order valence-electron chi connectivity index (χ3n) is 4.16. The minimum absolute atomic E-state index is 0.223. The lowest BCUT2D eigenvalue weighted by atomic mass is 9.98. The monoisotopic (exact) mass is 326 g/mol. The fourth-order valence-corrected chi connectivity index (χ4v) is 3.06. The van der Waals surface area contributed by atoms with E-state index in [-0.39, 0.29) is 6.04 Å². The van der Waals surface area contributed by atoms with Gasteiger partial charge in [0, 0.05) is 5.69 Å². The molecule has 0 radical (unpaired) electrons. The number of rotatable bonds is 4. The van der Waals surface area contributed by atoms with Crippen LogP contribution in [0.4, 0.5) is 5.69 Å². The maximum atomic E-state index is 5.53. The van der Waals surface area contributed by atoms with E-state index in [0.717, 1.165) is 12.1 Å². The van der Waals surface area contributed by atoms with Crippen LogP contribution in [0.25, 0.3) is 0 Å². The third-order valence-corrected chi connectivity index (χ3v) is 4.38. The minimum Gasteiger partial charge on any atom is -0.356 e. The maximum Gasteiger partial charge on any atom is 0.171 e. The van der Waals surface area contributed by atoms with Crippen molar-refractivity contribution in [3.05, 3.63) is 64.2 Å². The van der Waals surface area contributed by atoms with Gasteiger partial charge in [-0.3, -0.25) is 0 Å². The molecule has 2 aromatic carbocycles. The highest BCUT2D eigenvalue weighted by atomic mass is 32.1. The normalized spacial score (nSPS) is 11.9. The van der Waals surface area contributed by atoms with Crippen LogP contribution in [0.3, 0.4) is 0 Å². The second-order valence-electron chi connectivity index (χ2n) is 6.24. The van der Waals surface area contributed by atoms with Crippen molar-refractivity contribution in [3.63, 3.8) is 0 Å². The first kappa shape index (κ1) is 17.5. The molecule has 23 heavy (non-hydrogen) atoms. The molecular weight excluding hydrogens is 300 g/mol. The predicted octanol–water partition coefficient (Wildman–Crippen LogP) is 5.36. The number of hydrogen-bond acceptors (Lipinski definition) is 1. The molecule has 0 saturated carbocycles. The van der Waals surface area contributed by atoms with Gasteiger partial charge in [0.15, 0.2) is 5.11 Å². The number of benzene rings is 2. The number of hydrogen-bond donors (Lipinski definition) is 2. The molecule has 2 nitrogen and oxygen atoms in total. The van der Waals surface area contributed by atoms with Crippen LogP contribution >= 0.6 is 12.2 Å². The molecule has 0 unspecified atom stereocenters. The first-order valence-corrected chi connectivity index (χ1v) is 8.53. The Balaban J connectivity index is 2.12. The van der Waals surface area contributed by atoms with Gasteiger partial charge in [0.1, 0.15) is 0 Å². The summed E-state index contributed by atoms with van der Waals surface area (Å²) in [7, 11) is 0. The van der Waals surface area contributed by atoms with Gasteiger partial charge in [-0.2, -0.15) is 0 Å². The number of thiocarbonyl (C=S) groups is 1. The van der Waals surface area contributed by atoms with Gasteiger partial charge in [-0.15, -0.1) is 0 Å². The SMILES string of the molecule is CC[C@H](NC(=S)Nc1cc(C)ccc1C)c1ccc(C)cc1C. The fraction of sp³-hybridized carbons (Fsp3) is 0.350. The molecule has 0 heterocycles. The highest BCUT2D eigenvalue weighted by molar-refractivity contribution is 7.80. The zero-order chi connectivity index (χ0) is 17.0. The highest BCUT2D eigenvalue weighted by Crippen LogP contribution is 2.22. The summed E-state index contributed by atoms with van der Waals surface area (Å²) in [4.78, 5) is 0. The van der Waals surface area contributed by atoms with E-state index in [0.29, 0.717) is 5.11 Å². The average molecular weight is 327 g/mol. The van der Waals surface area contributed by atoms with Crippen molar-refractivity contribution in [2.75, 3.05) is 5.32 Å². The van der Waals surface area contributed by atoms with Gasteiger partial charge >= 0.3 is 0 Å². The van der Waals surface area contributed by atoms with Crippen LogP contribution in [0.15, 0.2) is 36.4 Å². The largest absolute Gasteiger partial charge is 0.356 e. The molecule has 2 aromatic rings. The summed E-state index contributed by atoms with van der Waals surface area (Å²) < 4.78 is 0. The summed E-state index contributed by atoms with van der Waals surface area (Å²) in [6.45, 7) is 10.6. The Morgan fingerprint density at radius 3 is 2.26 bits per heavy atom. The van der Waals surface area contributed by atoms with E-state index >= 15 is 0 Å². The molecule has 0 fully saturated rings. The van der Waals surface area contributed by atoms with E-state index < -0.39 is 0 Å². The third kappa shape index (κ3) is 4.55. The van der Waals surface area contributed by atoms with Crippen LogP contribution < -0.4 is 10.6 Å². The zero-order valence-electron chi connectivity index (χ0n) is 14.7. The molecular formula is C20H26N2S. The average Bonchev–Trinajstić information content (AvgIpc) is 2.49. The fourth-order valence-electron chi connectivity index (χ4n) is 2.80. The van der Waals surface area contributed by atoms with Gasteiger partial charge in [0.05, 0.1) is 6.04 Å². The molecule has 0 aliphatic carbocycles. The molecule has 0 spiro atoms. The quantitative estimate of drug-likeness (QED) is 0.740. The van der Waals surface area contributed by atoms with Crippen molar-refractivity contribution in [3.8, 4) is 0 Å². The molecule has 0 aliphatic heterocycles.